The number of rotatable bonds is 3. The summed E-state index contributed by atoms with van der Waals surface area (Å²) in [5.74, 6) is 1.71. The van der Waals surface area contributed by atoms with Gasteiger partial charge in [-0.2, -0.15) is 0 Å². The number of halogens is 1. The molecule has 3 aromatic rings. The fourth-order valence-corrected chi connectivity index (χ4v) is 3.40. The fraction of sp³-hybridized carbons (Fsp3) is 0.368. The number of imidazole rings is 1. The number of furan rings is 1. The van der Waals surface area contributed by atoms with Crippen LogP contribution in [0.1, 0.15) is 34.6 Å². The molecule has 7 heteroatoms. The maximum Gasteiger partial charge on any atom is 0.275 e. The van der Waals surface area contributed by atoms with Gasteiger partial charge in [-0.15, -0.1) is 12.4 Å². The van der Waals surface area contributed by atoms with E-state index in [-0.39, 0.29) is 18.3 Å². The van der Waals surface area contributed by atoms with Gasteiger partial charge in [0.1, 0.15) is 17.3 Å². The highest BCUT2D eigenvalue weighted by molar-refractivity contribution is 6.07. The van der Waals surface area contributed by atoms with Crippen molar-refractivity contribution < 1.29 is 9.21 Å². The lowest BCUT2D eigenvalue weighted by molar-refractivity contribution is 0.102. The first-order valence-electron chi connectivity index (χ1n) is 8.76. The van der Waals surface area contributed by atoms with Gasteiger partial charge in [0.2, 0.25) is 0 Å². The van der Waals surface area contributed by atoms with Crippen molar-refractivity contribution in [1.29, 1.82) is 0 Å². The second kappa shape index (κ2) is 7.51. The Kier molecular flexibility index (Phi) is 5.34. The van der Waals surface area contributed by atoms with Crippen LogP contribution in [0.25, 0.3) is 11.0 Å². The maximum atomic E-state index is 12.7. The molecule has 0 radical (unpaired) electrons. The number of nitrogens with zero attached hydrogens (tertiary/aromatic N) is 2. The molecule has 4 rings (SSSR count). The van der Waals surface area contributed by atoms with E-state index >= 15 is 0 Å². The summed E-state index contributed by atoms with van der Waals surface area (Å²) in [6.07, 6.45) is 3.50. The van der Waals surface area contributed by atoms with Gasteiger partial charge < -0.3 is 19.6 Å². The molecule has 0 spiro atoms. The van der Waals surface area contributed by atoms with Gasteiger partial charge in [0.05, 0.1) is 5.69 Å². The molecule has 2 N–H and O–H groups in total. The molecule has 3 heterocycles. The van der Waals surface area contributed by atoms with E-state index in [0.717, 1.165) is 60.6 Å². The number of benzene rings is 1. The first-order valence-corrected chi connectivity index (χ1v) is 8.76. The van der Waals surface area contributed by atoms with Crippen LogP contribution in [-0.2, 0) is 19.4 Å². The van der Waals surface area contributed by atoms with Crippen LogP contribution in [0.2, 0.25) is 0 Å². The number of hydrogen-bond donors (Lipinski definition) is 2. The lowest BCUT2D eigenvalue weighted by atomic mass is 10.1. The third kappa shape index (κ3) is 3.22. The average Bonchev–Trinajstić information content (AvgIpc) is 3.10. The first kappa shape index (κ1) is 18.5. The quantitative estimate of drug-likeness (QED) is 0.737. The summed E-state index contributed by atoms with van der Waals surface area (Å²) in [4.78, 5) is 17.2. The van der Waals surface area contributed by atoms with Crippen molar-refractivity contribution in [2.24, 2.45) is 0 Å². The van der Waals surface area contributed by atoms with E-state index in [1.165, 1.54) is 0 Å². The summed E-state index contributed by atoms with van der Waals surface area (Å²) in [6.45, 7) is 6.74. The molecule has 1 aromatic carbocycles. The van der Waals surface area contributed by atoms with Gasteiger partial charge in [-0.05, 0) is 18.6 Å². The molecule has 6 nitrogen and oxygen atoms in total. The average molecular weight is 375 g/mol. The number of fused-ring (bicyclic) bond motifs is 2. The fourth-order valence-electron chi connectivity index (χ4n) is 3.40. The normalized spacial score (nSPS) is 13.8. The molecule has 0 unspecified atom stereocenters. The Morgan fingerprint density at radius 3 is 3.04 bits per heavy atom. The van der Waals surface area contributed by atoms with Crippen LogP contribution in [0.5, 0.6) is 0 Å². The second-order valence-electron chi connectivity index (χ2n) is 6.38. The molecule has 26 heavy (non-hydrogen) atoms. The smallest absolute Gasteiger partial charge is 0.275 e. The van der Waals surface area contributed by atoms with E-state index in [4.69, 9.17) is 4.42 Å². The van der Waals surface area contributed by atoms with Crippen LogP contribution in [0.4, 0.5) is 5.69 Å². The highest BCUT2D eigenvalue weighted by Gasteiger charge is 2.18. The molecule has 0 saturated heterocycles. The third-order valence-electron chi connectivity index (χ3n) is 4.78. The Labute approximate surface area is 158 Å². The lowest BCUT2D eigenvalue weighted by Gasteiger charge is -2.04. The van der Waals surface area contributed by atoms with Crippen LogP contribution in [0.3, 0.4) is 0 Å². The number of nitrogens with one attached hydrogen (secondary N) is 2. The van der Waals surface area contributed by atoms with Crippen molar-refractivity contribution in [3.8, 4) is 0 Å². The summed E-state index contributed by atoms with van der Waals surface area (Å²) < 4.78 is 8.02. The number of anilines is 1. The summed E-state index contributed by atoms with van der Waals surface area (Å²) in [6, 6.07) is 5.83. The van der Waals surface area contributed by atoms with Gasteiger partial charge in [0, 0.05) is 44.1 Å². The van der Waals surface area contributed by atoms with E-state index in [1.807, 2.05) is 24.4 Å². The Morgan fingerprint density at radius 1 is 1.38 bits per heavy atom. The number of amides is 1. The van der Waals surface area contributed by atoms with E-state index in [0.29, 0.717) is 11.4 Å². The number of aryl methyl sites for hydroxylation is 2. The maximum absolute atomic E-state index is 12.7. The van der Waals surface area contributed by atoms with Gasteiger partial charge in [-0.1, -0.05) is 19.1 Å². The highest BCUT2D eigenvalue weighted by Crippen LogP contribution is 2.31. The molecule has 0 aliphatic carbocycles. The van der Waals surface area contributed by atoms with Crippen LogP contribution in [-0.4, -0.2) is 28.5 Å². The van der Waals surface area contributed by atoms with E-state index in [1.54, 1.807) is 0 Å². The highest BCUT2D eigenvalue weighted by atomic mass is 35.5. The van der Waals surface area contributed by atoms with E-state index < -0.39 is 0 Å². The number of aromatic nitrogens is 2. The van der Waals surface area contributed by atoms with Crippen LogP contribution in [0.15, 0.2) is 28.8 Å². The van der Waals surface area contributed by atoms with Gasteiger partial charge in [-0.25, -0.2) is 4.98 Å². The Balaban J connectivity index is 0.00000196. The van der Waals surface area contributed by atoms with Gasteiger partial charge in [-0.3, -0.25) is 4.79 Å². The predicted molar refractivity (Wildman–Crippen MR) is 104 cm³/mol. The summed E-state index contributed by atoms with van der Waals surface area (Å²) in [5, 5.41) is 7.34. The largest absolute Gasteiger partial charge is 0.459 e. The van der Waals surface area contributed by atoms with Crippen LogP contribution in [0, 0.1) is 6.92 Å². The van der Waals surface area contributed by atoms with E-state index in [2.05, 4.69) is 34.0 Å². The van der Waals surface area contributed by atoms with Crippen molar-refractivity contribution in [3.63, 3.8) is 0 Å². The third-order valence-corrected chi connectivity index (χ3v) is 4.78. The molecule has 138 valence electrons. The summed E-state index contributed by atoms with van der Waals surface area (Å²) in [5.41, 5.74) is 3.01. The topological polar surface area (TPSA) is 72.1 Å². The molecular weight excluding hydrogens is 352 g/mol. The molecule has 0 saturated carbocycles. The van der Waals surface area contributed by atoms with Gasteiger partial charge in [0.25, 0.3) is 5.91 Å². The minimum Gasteiger partial charge on any atom is -0.459 e. The van der Waals surface area contributed by atoms with Crippen molar-refractivity contribution in [1.82, 2.24) is 14.9 Å². The minimum absolute atomic E-state index is 0. The Bertz CT molecular complexity index is 921. The van der Waals surface area contributed by atoms with Crippen LogP contribution >= 0.6 is 12.4 Å². The molecule has 0 fully saturated rings. The number of hydrogen-bond acceptors (Lipinski definition) is 4. The second-order valence-corrected chi connectivity index (χ2v) is 6.38. The number of para-hydroxylation sites is 1. The molecule has 0 atom stereocenters. The standard InChI is InChI=1S/C19H22N4O2.ClH/c1-3-16-12(2)13-5-4-6-14(18(13)25-16)22-19(24)15-11-23-10-9-20-8-7-17(23)21-15;/h4-6,11,20H,3,7-10H2,1-2H3,(H,22,24);1H. The zero-order chi connectivity index (χ0) is 17.4. The zero-order valence-electron chi connectivity index (χ0n) is 15.0. The van der Waals surface area contributed by atoms with Crippen molar-refractivity contribution >= 4 is 35.0 Å². The minimum atomic E-state index is -0.201. The number of carbonyl (C=O) groups excluding carboxylic acids is 1. The monoisotopic (exact) mass is 374 g/mol. The molecule has 0 bridgehead atoms. The SMILES string of the molecule is CCc1oc2c(NC(=O)c3cn4c(n3)CCNCC4)cccc2c1C.Cl. The molecular formula is C19H23ClN4O2. The molecule has 1 amide bonds. The van der Waals surface area contributed by atoms with Gasteiger partial charge in [0.15, 0.2) is 5.58 Å². The summed E-state index contributed by atoms with van der Waals surface area (Å²) in [7, 11) is 0. The predicted octanol–water partition coefficient (Wildman–Crippen LogP) is 3.32. The molecule has 1 aliphatic rings. The summed E-state index contributed by atoms with van der Waals surface area (Å²) >= 11 is 0. The van der Waals surface area contributed by atoms with Crippen molar-refractivity contribution in [2.75, 3.05) is 18.4 Å². The lowest BCUT2D eigenvalue weighted by Crippen LogP contribution is -2.18. The number of carbonyl (C=O) groups is 1. The first-order chi connectivity index (χ1) is 12.2. The Hall–Kier alpha value is -2.31. The van der Waals surface area contributed by atoms with E-state index in [9.17, 15) is 4.79 Å². The molecule has 1 aliphatic heterocycles. The van der Waals surface area contributed by atoms with Gasteiger partial charge >= 0.3 is 0 Å². The van der Waals surface area contributed by atoms with Crippen molar-refractivity contribution in [3.05, 3.63) is 47.2 Å². The van der Waals surface area contributed by atoms with Crippen molar-refractivity contribution in [2.45, 2.75) is 33.2 Å². The zero-order valence-corrected chi connectivity index (χ0v) is 15.8. The molecule has 2 aromatic heterocycles. The Morgan fingerprint density at radius 2 is 2.23 bits per heavy atom. The van der Waals surface area contributed by atoms with Crippen LogP contribution < -0.4 is 10.6 Å².